The van der Waals surface area contributed by atoms with Crippen LogP contribution in [0.5, 0.6) is 11.5 Å². The molecule has 0 bridgehead atoms. The number of aromatic nitrogens is 2. The van der Waals surface area contributed by atoms with Crippen LogP contribution >= 0.6 is 0 Å². The third kappa shape index (κ3) is 4.26. The number of carbonyl (C=O) groups is 1. The number of nitrogens with zero attached hydrogens (tertiary/aromatic N) is 4. The van der Waals surface area contributed by atoms with Crippen molar-refractivity contribution in [2.24, 2.45) is 0 Å². The molecular formula is C23H28N4O3. The number of hydrogen-bond acceptors (Lipinski definition) is 5. The number of fused-ring (bicyclic) bond motifs is 1. The molecule has 7 heteroatoms. The number of aryl methyl sites for hydroxylation is 2. The molecule has 158 valence electrons. The molecule has 1 aromatic carbocycles. The van der Waals surface area contributed by atoms with Crippen molar-refractivity contribution in [3.05, 3.63) is 59.5 Å². The molecule has 0 radical (unpaired) electrons. The molecule has 1 amide bonds. The minimum Gasteiger partial charge on any atom is -0.493 e. The van der Waals surface area contributed by atoms with Gasteiger partial charge in [-0.25, -0.2) is 4.98 Å². The van der Waals surface area contributed by atoms with Crippen LogP contribution in [0, 0.1) is 13.8 Å². The highest BCUT2D eigenvalue weighted by Gasteiger charge is 2.23. The highest BCUT2D eigenvalue weighted by atomic mass is 16.5. The van der Waals surface area contributed by atoms with Crippen molar-refractivity contribution in [2.45, 2.75) is 20.4 Å². The van der Waals surface area contributed by atoms with Gasteiger partial charge in [0.15, 0.2) is 18.1 Å². The van der Waals surface area contributed by atoms with E-state index in [1.54, 1.807) is 7.11 Å². The Kier molecular flexibility index (Phi) is 5.90. The maximum atomic E-state index is 12.6. The van der Waals surface area contributed by atoms with Gasteiger partial charge in [-0.1, -0.05) is 12.1 Å². The van der Waals surface area contributed by atoms with Gasteiger partial charge >= 0.3 is 0 Å². The second-order valence-corrected chi connectivity index (χ2v) is 7.67. The molecule has 4 rings (SSSR count). The maximum absolute atomic E-state index is 12.6. The average Bonchev–Trinajstić information content (AvgIpc) is 3.06. The number of rotatable bonds is 6. The fourth-order valence-electron chi connectivity index (χ4n) is 3.84. The molecule has 3 aromatic rings. The minimum atomic E-state index is 0.00187. The average molecular weight is 409 g/mol. The zero-order chi connectivity index (χ0) is 21.1. The lowest BCUT2D eigenvalue weighted by atomic mass is 10.2. The second-order valence-electron chi connectivity index (χ2n) is 7.67. The van der Waals surface area contributed by atoms with E-state index in [9.17, 15) is 4.79 Å². The van der Waals surface area contributed by atoms with E-state index in [0.717, 1.165) is 31.0 Å². The Hall–Kier alpha value is -3.06. The van der Waals surface area contributed by atoms with E-state index >= 15 is 0 Å². The summed E-state index contributed by atoms with van der Waals surface area (Å²) in [7, 11) is 1.59. The summed E-state index contributed by atoms with van der Waals surface area (Å²) >= 11 is 0. The standard InChI is InChI=1S/C23H28N4O3/c1-17-8-9-27-19(18(2)24-22(27)14-17)15-25-10-12-26(13-11-25)23(28)16-30-21-7-5-4-6-20(21)29-3/h4-9,14H,10-13,15-16H2,1-3H3. The third-order valence-electron chi connectivity index (χ3n) is 5.60. The Bertz CT molecular complexity index is 1040. The number of benzene rings is 1. The Morgan fingerprint density at radius 3 is 2.53 bits per heavy atom. The minimum absolute atomic E-state index is 0.00187. The molecule has 0 N–H and O–H groups in total. The van der Waals surface area contributed by atoms with Crippen molar-refractivity contribution in [1.29, 1.82) is 0 Å². The number of piperazine rings is 1. The highest BCUT2D eigenvalue weighted by molar-refractivity contribution is 5.78. The van der Waals surface area contributed by atoms with Gasteiger partial charge < -0.3 is 18.8 Å². The Morgan fingerprint density at radius 1 is 1.07 bits per heavy atom. The number of pyridine rings is 1. The van der Waals surface area contributed by atoms with Crippen molar-refractivity contribution < 1.29 is 14.3 Å². The van der Waals surface area contributed by atoms with Crippen molar-refractivity contribution in [1.82, 2.24) is 19.2 Å². The summed E-state index contributed by atoms with van der Waals surface area (Å²) in [6.45, 7) is 8.05. The van der Waals surface area contributed by atoms with Crippen molar-refractivity contribution in [2.75, 3.05) is 39.9 Å². The van der Waals surface area contributed by atoms with Gasteiger partial charge in [-0.3, -0.25) is 9.69 Å². The monoisotopic (exact) mass is 408 g/mol. The summed E-state index contributed by atoms with van der Waals surface area (Å²) in [5.74, 6) is 1.22. The SMILES string of the molecule is COc1ccccc1OCC(=O)N1CCN(Cc2c(C)nc3cc(C)ccn23)CC1. The van der Waals surface area contributed by atoms with E-state index in [4.69, 9.17) is 14.5 Å². The van der Waals surface area contributed by atoms with Gasteiger partial charge in [0.2, 0.25) is 0 Å². The third-order valence-corrected chi connectivity index (χ3v) is 5.60. The largest absolute Gasteiger partial charge is 0.493 e. The summed E-state index contributed by atoms with van der Waals surface area (Å²) in [5, 5.41) is 0. The molecule has 0 atom stereocenters. The molecule has 0 saturated carbocycles. The fourth-order valence-corrected chi connectivity index (χ4v) is 3.84. The van der Waals surface area contributed by atoms with Crippen LogP contribution in [-0.4, -0.2) is 65.0 Å². The molecule has 1 aliphatic rings. The Labute approximate surface area is 176 Å². The molecule has 0 spiro atoms. The topological polar surface area (TPSA) is 59.3 Å². The fraction of sp³-hybridized carbons (Fsp3) is 0.391. The van der Waals surface area contributed by atoms with Crippen LogP contribution in [0.4, 0.5) is 0 Å². The van der Waals surface area contributed by atoms with Gasteiger partial charge in [0.25, 0.3) is 5.91 Å². The van der Waals surface area contributed by atoms with Crippen molar-refractivity contribution in [3.63, 3.8) is 0 Å². The van der Waals surface area contributed by atoms with E-state index in [-0.39, 0.29) is 12.5 Å². The Balaban J connectivity index is 1.32. The number of para-hydroxylation sites is 2. The van der Waals surface area contributed by atoms with Crippen LogP contribution in [-0.2, 0) is 11.3 Å². The predicted octanol–water partition coefficient (Wildman–Crippen LogP) is 2.68. The number of methoxy groups -OCH3 is 1. The van der Waals surface area contributed by atoms with Gasteiger partial charge in [0.05, 0.1) is 18.5 Å². The zero-order valence-electron chi connectivity index (χ0n) is 17.8. The first kappa shape index (κ1) is 20.2. The van der Waals surface area contributed by atoms with E-state index in [2.05, 4.69) is 41.5 Å². The molecule has 1 saturated heterocycles. The van der Waals surface area contributed by atoms with Crippen LogP contribution in [0.15, 0.2) is 42.6 Å². The number of ether oxygens (including phenoxy) is 2. The van der Waals surface area contributed by atoms with Gasteiger partial charge in [0.1, 0.15) is 5.65 Å². The number of imidazole rings is 1. The van der Waals surface area contributed by atoms with E-state index in [1.165, 1.54) is 11.3 Å². The first-order chi connectivity index (χ1) is 14.5. The summed E-state index contributed by atoms with van der Waals surface area (Å²) in [6.07, 6.45) is 2.09. The van der Waals surface area contributed by atoms with Crippen LogP contribution < -0.4 is 9.47 Å². The summed E-state index contributed by atoms with van der Waals surface area (Å²) in [4.78, 5) is 21.5. The summed E-state index contributed by atoms with van der Waals surface area (Å²) < 4.78 is 13.1. The molecule has 7 nitrogen and oxygen atoms in total. The normalized spacial score (nSPS) is 14.8. The van der Waals surface area contributed by atoms with E-state index in [0.29, 0.717) is 24.6 Å². The first-order valence-corrected chi connectivity index (χ1v) is 10.3. The summed E-state index contributed by atoms with van der Waals surface area (Å²) in [5.41, 5.74) is 4.47. The molecule has 2 aromatic heterocycles. The molecular weight excluding hydrogens is 380 g/mol. The summed E-state index contributed by atoms with van der Waals surface area (Å²) in [6, 6.07) is 11.6. The van der Waals surface area contributed by atoms with Gasteiger partial charge in [-0.2, -0.15) is 0 Å². The predicted molar refractivity (Wildman–Crippen MR) is 115 cm³/mol. The molecule has 1 aliphatic heterocycles. The highest BCUT2D eigenvalue weighted by Crippen LogP contribution is 2.25. The number of hydrogen-bond donors (Lipinski definition) is 0. The van der Waals surface area contributed by atoms with Crippen molar-refractivity contribution in [3.8, 4) is 11.5 Å². The first-order valence-electron chi connectivity index (χ1n) is 10.3. The van der Waals surface area contributed by atoms with Gasteiger partial charge in [-0.15, -0.1) is 0 Å². The van der Waals surface area contributed by atoms with Crippen LogP contribution in [0.3, 0.4) is 0 Å². The van der Waals surface area contributed by atoms with Crippen LogP contribution in [0.2, 0.25) is 0 Å². The number of amides is 1. The van der Waals surface area contributed by atoms with Crippen molar-refractivity contribution >= 4 is 11.6 Å². The van der Waals surface area contributed by atoms with E-state index in [1.807, 2.05) is 29.2 Å². The Morgan fingerprint density at radius 2 is 1.80 bits per heavy atom. The second kappa shape index (κ2) is 8.75. The molecule has 0 aliphatic carbocycles. The smallest absolute Gasteiger partial charge is 0.260 e. The van der Waals surface area contributed by atoms with Crippen LogP contribution in [0.25, 0.3) is 5.65 Å². The lowest BCUT2D eigenvalue weighted by Gasteiger charge is -2.34. The zero-order valence-corrected chi connectivity index (χ0v) is 17.8. The lowest BCUT2D eigenvalue weighted by molar-refractivity contribution is -0.135. The van der Waals surface area contributed by atoms with Gasteiger partial charge in [0, 0.05) is 38.9 Å². The maximum Gasteiger partial charge on any atom is 0.260 e. The van der Waals surface area contributed by atoms with E-state index < -0.39 is 0 Å². The quantitative estimate of drug-likeness (QED) is 0.628. The van der Waals surface area contributed by atoms with Gasteiger partial charge in [-0.05, 0) is 43.7 Å². The molecule has 3 heterocycles. The number of carbonyl (C=O) groups excluding carboxylic acids is 1. The molecule has 30 heavy (non-hydrogen) atoms. The lowest BCUT2D eigenvalue weighted by Crippen LogP contribution is -2.49. The molecule has 1 fully saturated rings. The van der Waals surface area contributed by atoms with Crippen LogP contribution in [0.1, 0.15) is 17.0 Å². The molecule has 0 unspecified atom stereocenters.